The van der Waals surface area contributed by atoms with E-state index in [1.807, 2.05) is 31.2 Å². The first-order chi connectivity index (χ1) is 9.31. The number of hydrogen-bond donors (Lipinski definition) is 2. The molecule has 0 spiro atoms. The Balaban J connectivity index is 2.01. The van der Waals surface area contributed by atoms with Crippen LogP contribution in [0.3, 0.4) is 0 Å². The molecule has 104 valence electrons. The zero-order valence-electron chi connectivity index (χ0n) is 11.4. The van der Waals surface area contributed by atoms with Gasteiger partial charge in [-0.2, -0.15) is 0 Å². The number of carbonyl (C=O) groups is 1. The van der Waals surface area contributed by atoms with Crippen molar-refractivity contribution in [2.75, 3.05) is 18.5 Å². The molecule has 4 heteroatoms. The van der Waals surface area contributed by atoms with E-state index in [0.717, 1.165) is 37.2 Å². The van der Waals surface area contributed by atoms with Crippen LogP contribution in [0.1, 0.15) is 32.6 Å². The smallest absolute Gasteiger partial charge is 0.241 e. The van der Waals surface area contributed by atoms with Crippen LogP contribution < -0.4 is 15.4 Å². The van der Waals surface area contributed by atoms with Crippen molar-refractivity contribution < 1.29 is 9.53 Å². The van der Waals surface area contributed by atoms with E-state index in [2.05, 4.69) is 10.6 Å². The number of amides is 1. The zero-order valence-corrected chi connectivity index (χ0v) is 11.4. The van der Waals surface area contributed by atoms with Crippen LogP contribution in [0.5, 0.6) is 5.75 Å². The Bertz CT molecular complexity index is 412. The average Bonchev–Trinajstić information content (AvgIpc) is 2.70. The van der Waals surface area contributed by atoms with Gasteiger partial charge in [-0.05, 0) is 38.4 Å². The molecule has 1 heterocycles. The van der Waals surface area contributed by atoms with Crippen molar-refractivity contribution in [3.8, 4) is 5.75 Å². The molecule has 1 aliphatic heterocycles. The molecule has 0 aliphatic carbocycles. The molecule has 1 unspecified atom stereocenters. The van der Waals surface area contributed by atoms with Gasteiger partial charge in [0.05, 0.1) is 18.3 Å². The van der Waals surface area contributed by atoms with E-state index >= 15 is 0 Å². The maximum atomic E-state index is 12.2. The largest absolute Gasteiger partial charge is 0.492 e. The number of rotatable bonds is 4. The van der Waals surface area contributed by atoms with Gasteiger partial charge in [-0.3, -0.25) is 4.79 Å². The van der Waals surface area contributed by atoms with Crippen molar-refractivity contribution in [3.05, 3.63) is 24.3 Å². The average molecular weight is 262 g/mol. The monoisotopic (exact) mass is 262 g/mol. The molecule has 1 aromatic rings. The van der Waals surface area contributed by atoms with Gasteiger partial charge in [0.2, 0.25) is 5.91 Å². The standard InChI is InChI=1S/C15H22N2O2/c1-2-19-14-10-6-5-8-12(14)17-15(18)13-9-4-3-7-11-16-13/h5-6,8,10,13,16H,2-4,7,9,11H2,1H3,(H,17,18). The summed E-state index contributed by atoms with van der Waals surface area (Å²) in [6, 6.07) is 7.47. The highest BCUT2D eigenvalue weighted by molar-refractivity contribution is 5.96. The van der Waals surface area contributed by atoms with E-state index in [1.165, 1.54) is 6.42 Å². The van der Waals surface area contributed by atoms with Gasteiger partial charge in [-0.15, -0.1) is 0 Å². The summed E-state index contributed by atoms with van der Waals surface area (Å²) in [5, 5.41) is 6.27. The summed E-state index contributed by atoms with van der Waals surface area (Å²) in [5.74, 6) is 0.765. The Hall–Kier alpha value is -1.55. The summed E-state index contributed by atoms with van der Waals surface area (Å²) in [6.45, 7) is 3.45. The van der Waals surface area contributed by atoms with Gasteiger partial charge in [0.25, 0.3) is 0 Å². The fourth-order valence-corrected chi connectivity index (χ4v) is 2.32. The Morgan fingerprint density at radius 1 is 1.37 bits per heavy atom. The number of nitrogens with one attached hydrogen (secondary N) is 2. The van der Waals surface area contributed by atoms with Crippen LogP contribution in [-0.4, -0.2) is 25.1 Å². The van der Waals surface area contributed by atoms with Gasteiger partial charge in [0.1, 0.15) is 5.75 Å². The van der Waals surface area contributed by atoms with Crippen LogP contribution in [0.4, 0.5) is 5.69 Å². The minimum atomic E-state index is -0.0859. The Labute approximate surface area is 114 Å². The van der Waals surface area contributed by atoms with Gasteiger partial charge in [0, 0.05) is 0 Å². The molecular weight excluding hydrogens is 240 g/mol. The Morgan fingerprint density at radius 2 is 2.21 bits per heavy atom. The summed E-state index contributed by atoms with van der Waals surface area (Å²) in [5.41, 5.74) is 0.750. The number of para-hydroxylation sites is 2. The van der Waals surface area contributed by atoms with Crippen LogP contribution in [0.15, 0.2) is 24.3 Å². The molecule has 0 saturated carbocycles. The number of benzene rings is 1. The topological polar surface area (TPSA) is 50.4 Å². The van der Waals surface area contributed by atoms with Crippen molar-refractivity contribution in [3.63, 3.8) is 0 Å². The molecular formula is C15H22N2O2. The summed E-state index contributed by atoms with van der Waals surface area (Å²) < 4.78 is 5.51. The van der Waals surface area contributed by atoms with Crippen LogP contribution in [-0.2, 0) is 4.79 Å². The molecule has 1 atom stereocenters. The van der Waals surface area contributed by atoms with Crippen molar-refractivity contribution in [1.82, 2.24) is 5.32 Å². The first-order valence-corrected chi connectivity index (χ1v) is 7.07. The fourth-order valence-electron chi connectivity index (χ4n) is 2.32. The van der Waals surface area contributed by atoms with Crippen LogP contribution in [0.25, 0.3) is 0 Å². The lowest BCUT2D eigenvalue weighted by atomic mass is 10.1. The Kier molecular flexibility index (Phi) is 5.21. The highest BCUT2D eigenvalue weighted by atomic mass is 16.5. The predicted molar refractivity (Wildman–Crippen MR) is 76.5 cm³/mol. The van der Waals surface area contributed by atoms with Gasteiger partial charge in [-0.1, -0.05) is 25.0 Å². The van der Waals surface area contributed by atoms with Crippen molar-refractivity contribution in [2.24, 2.45) is 0 Å². The number of hydrogen-bond acceptors (Lipinski definition) is 3. The second-order valence-corrected chi connectivity index (χ2v) is 4.77. The van der Waals surface area contributed by atoms with Gasteiger partial charge in [0.15, 0.2) is 0 Å². The predicted octanol–water partition coefficient (Wildman–Crippen LogP) is 2.56. The highest BCUT2D eigenvalue weighted by Crippen LogP contribution is 2.24. The third kappa shape index (κ3) is 3.96. The SMILES string of the molecule is CCOc1ccccc1NC(=O)C1CCCCCN1. The van der Waals surface area contributed by atoms with E-state index in [9.17, 15) is 4.79 Å². The van der Waals surface area contributed by atoms with Crippen molar-refractivity contribution in [1.29, 1.82) is 0 Å². The fraction of sp³-hybridized carbons (Fsp3) is 0.533. The van der Waals surface area contributed by atoms with Gasteiger partial charge >= 0.3 is 0 Å². The minimum absolute atomic E-state index is 0.0362. The number of ether oxygens (including phenoxy) is 1. The molecule has 0 aromatic heterocycles. The molecule has 1 amide bonds. The first-order valence-electron chi connectivity index (χ1n) is 7.07. The highest BCUT2D eigenvalue weighted by Gasteiger charge is 2.20. The molecule has 1 aromatic carbocycles. The molecule has 2 N–H and O–H groups in total. The molecule has 1 saturated heterocycles. The normalized spacial score (nSPS) is 19.5. The molecule has 19 heavy (non-hydrogen) atoms. The van der Waals surface area contributed by atoms with E-state index in [0.29, 0.717) is 6.61 Å². The van der Waals surface area contributed by atoms with Crippen LogP contribution in [0.2, 0.25) is 0 Å². The lowest BCUT2D eigenvalue weighted by molar-refractivity contribution is -0.118. The maximum Gasteiger partial charge on any atom is 0.241 e. The lowest BCUT2D eigenvalue weighted by Gasteiger charge is -2.17. The Morgan fingerprint density at radius 3 is 3.05 bits per heavy atom. The van der Waals surface area contributed by atoms with Crippen molar-refractivity contribution >= 4 is 11.6 Å². The summed E-state index contributed by atoms with van der Waals surface area (Å²) in [7, 11) is 0. The molecule has 2 rings (SSSR count). The van der Waals surface area contributed by atoms with Gasteiger partial charge in [-0.25, -0.2) is 0 Å². The maximum absolute atomic E-state index is 12.2. The summed E-state index contributed by atoms with van der Waals surface area (Å²) in [4.78, 5) is 12.2. The van der Waals surface area contributed by atoms with E-state index < -0.39 is 0 Å². The van der Waals surface area contributed by atoms with Gasteiger partial charge < -0.3 is 15.4 Å². The quantitative estimate of drug-likeness (QED) is 0.876. The summed E-state index contributed by atoms with van der Waals surface area (Å²) in [6.07, 6.45) is 4.37. The zero-order chi connectivity index (χ0) is 13.5. The summed E-state index contributed by atoms with van der Waals surface area (Å²) >= 11 is 0. The molecule has 0 bridgehead atoms. The molecule has 4 nitrogen and oxygen atoms in total. The van der Waals surface area contributed by atoms with E-state index in [4.69, 9.17) is 4.74 Å². The van der Waals surface area contributed by atoms with Crippen LogP contribution in [0, 0.1) is 0 Å². The first kappa shape index (κ1) is 13.9. The van der Waals surface area contributed by atoms with Crippen LogP contribution >= 0.6 is 0 Å². The van der Waals surface area contributed by atoms with E-state index in [-0.39, 0.29) is 11.9 Å². The molecule has 0 radical (unpaired) electrons. The minimum Gasteiger partial charge on any atom is -0.492 e. The second-order valence-electron chi connectivity index (χ2n) is 4.77. The van der Waals surface area contributed by atoms with E-state index in [1.54, 1.807) is 0 Å². The number of carbonyl (C=O) groups excluding carboxylic acids is 1. The third-order valence-electron chi connectivity index (χ3n) is 3.32. The third-order valence-corrected chi connectivity index (χ3v) is 3.32. The molecule has 1 fully saturated rings. The van der Waals surface area contributed by atoms with Crippen molar-refractivity contribution in [2.45, 2.75) is 38.6 Å². The molecule has 1 aliphatic rings. The lowest BCUT2D eigenvalue weighted by Crippen LogP contribution is -2.39. The second kappa shape index (κ2) is 7.14. The number of anilines is 1.